The van der Waals surface area contributed by atoms with Crippen LogP contribution in [-0.2, 0) is 4.18 Å². The number of rotatable bonds is 6. The second kappa shape index (κ2) is 6.91. The molecule has 14 heavy (non-hydrogen) atoms. The van der Waals surface area contributed by atoms with Crippen LogP contribution in [0, 0.1) is 0 Å². The molecule has 0 aliphatic carbocycles. The van der Waals surface area contributed by atoms with Crippen molar-refractivity contribution in [1.29, 1.82) is 0 Å². The minimum Gasteiger partial charge on any atom is -0.307 e. The molecule has 1 aromatic rings. The molecule has 0 heterocycles. The molecule has 0 saturated carbocycles. The third-order valence-corrected chi connectivity index (χ3v) is 2.92. The number of hydrogen-bond acceptors (Lipinski definition) is 2. The molecule has 78 valence electrons. The maximum absolute atomic E-state index is 5.73. The SMILES string of the molecule is CCC[C@@H](CC)OSc1ccccc1. The van der Waals surface area contributed by atoms with Gasteiger partial charge in [-0.25, -0.2) is 0 Å². The first-order chi connectivity index (χ1) is 6.86. The molecule has 0 radical (unpaired) electrons. The van der Waals surface area contributed by atoms with Crippen molar-refractivity contribution < 1.29 is 4.18 Å². The van der Waals surface area contributed by atoms with Crippen LogP contribution in [0.1, 0.15) is 33.1 Å². The lowest BCUT2D eigenvalue weighted by molar-refractivity contribution is 0.222. The molecule has 1 nitrogen and oxygen atoms in total. The maximum Gasteiger partial charge on any atom is 0.0724 e. The van der Waals surface area contributed by atoms with Gasteiger partial charge in [0.15, 0.2) is 0 Å². The van der Waals surface area contributed by atoms with Crippen LogP contribution in [0.4, 0.5) is 0 Å². The lowest BCUT2D eigenvalue weighted by Crippen LogP contribution is -2.06. The van der Waals surface area contributed by atoms with Gasteiger partial charge >= 0.3 is 0 Å². The summed E-state index contributed by atoms with van der Waals surface area (Å²) in [5.41, 5.74) is 0. The fraction of sp³-hybridized carbons (Fsp3) is 0.500. The normalized spacial score (nSPS) is 12.7. The zero-order valence-electron chi connectivity index (χ0n) is 8.90. The van der Waals surface area contributed by atoms with Gasteiger partial charge in [-0.3, -0.25) is 0 Å². The van der Waals surface area contributed by atoms with Crippen molar-refractivity contribution in [2.75, 3.05) is 0 Å². The molecule has 1 aromatic carbocycles. The highest BCUT2D eigenvalue weighted by atomic mass is 32.2. The van der Waals surface area contributed by atoms with Crippen LogP contribution in [0.3, 0.4) is 0 Å². The van der Waals surface area contributed by atoms with E-state index in [0.29, 0.717) is 6.10 Å². The number of hydrogen-bond donors (Lipinski definition) is 0. The molecule has 0 fully saturated rings. The van der Waals surface area contributed by atoms with Crippen molar-refractivity contribution in [2.24, 2.45) is 0 Å². The van der Waals surface area contributed by atoms with Crippen molar-refractivity contribution in [2.45, 2.75) is 44.1 Å². The van der Waals surface area contributed by atoms with Crippen LogP contribution in [0.25, 0.3) is 0 Å². The molecule has 0 spiro atoms. The van der Waals surface area contributed by atoms with E-state index in [0.717, 1.165) is 12.8 Å². The van der Waals surface area contributed by atoms with Gasteiger partial charge in [0.1, 0.15) is 0 Å². The second-order valence-electron chi connectivity index (χ2n) is 3.31. The van der Waals surface area contributed by atoms with E-state index in [1.54, 1.807) is 0 Å². The zero-order valence-corrected chi connectivity index (χ0v) is 9.72. The topological polar surface area (TPSA) is 9.23 Å². The minimum atomic E-state index is 0.394. The minimum absolute atomic E-state index is 0.394. The molecule has 0 amide bonds. The fourth-order valence-electron chi connectivity index (χ4n) is 1.24. The molecule has 0 aromatic heterocycles. The van der Waals surface area contributed by atoms with Crippen LogP contribution in [-0.4, -0.2) is 6.10 Å². The van der Waals surface area contributed by atoms with Crippen LogP contribution >= 0.6 is 12.0 Å². The molecule has 0 aliphatic rings. The highest BCUT2D eigenvalue weighted by Crippen LogP contribution is 2.22. The first-order valence-electron chi connectivity index (χ1n) is 5.25. The molecule has 0 bridgehead atoms. The van der Waals surface area contributed by atoms with Crippen LogP contribution in [0.5, 0.6) is 0 Å². The Balaban J connectivity index is 2.32. The van der Waals surface area contributed by atoms with Gasteiger partial charge in [-0.2, -0.15) is 0 Å². The third kappa shape index (κ3) is 4.16. The summed E-state index contributed by atoms with van der Waals surface area (Å²) in [5, 5.41) is 0. The first-order valence-corrected chi connectivity index (χ1v) is 5.99. The molecule has 0 unspecified atom stereocenters. The van der Waals surface area contributed by atoms with Crippen LogP contribution in [0.2, 0.25) is 0 Å². The summed E-state index contributed by atoms with van der Waals surface area (Å²) >= 11 is 1.49. The van der Waals surface area contributed by atoms with Crippen molar-refractivity contribution in [1.82, 2.24) is 0 Å². The Hall–Kier alpha value is -0.470. The summed E-state index contributed by atoms with van der Waals surface area (Å²) in [5.74, 6) is 0. The third-order valence-electron chi connectivity index (χ3n) is 2.09. The quantitative estimate of drug-likeness (QED) is 0.648. The van der Waals surface area contributed by atoms with Crippen LogP contribution < -0.4 is 0 Å². The zero-order chi connectivity index (χ0) is 10.2. The van der Waals surface area contributed by atoms with Gasteiger partial charge < -0.3 is 4.18 Å². The van der Waals surface area contributed by atoms with E-state index in [1.807, 2.05) is 18.2 Å². The Morgan fingerprint density at radius 2 is 1.93 bits per heavy atom. The molecular weight excluding hydrogens is 192 g/mol. The molecule has 1 atom stereocenters. The molecule has 0 aliphatic heterocycles. The van der Waals surface area contributed by atoms with Gasteiger partial charge in [-0.05, 0) is 25.0 Å². The standard InChI is InChI=1S/C12H18OS/c1-3-8-11(4-2)13-14-12-9-6-5-7-10-12/h5-7,9-11H,3-4,8H2,1-2H3/t11-/m1/s1. The van der Waals surface area contributed by atoms with E-state index in [2.05, 4.69) is 26.0 Å². The van der Waals surface area contributed by atoms with Gasteiger partial charge in [0.05, 0.1) is 6.10 Å². The lowest BCUT2D eigenvalue weighted by Gasteiger charge is -2.13. The smallest absolute Gasteiger partial charge is 0.0724 e. The number of benzene rings is 1. The first kappa shape index (κ1) is 11.6. The molecule has 0 saturated heterocycles. The van der Waals surface area contributed by atoms with Gasteiger partial charge in [-0.15, -0.1) is 0 Å². The van der Waals surface area contributed by atoms with Crippen molar-refractivity contribution in [3.05, 3.63) is 30.3 Å². The highest BCUT2D eigenvalue weighted by Gasteiger charge is 2.05. The Labute approximate surface area is 91.1 Å². The Morgan fingerprint density at radius 3 is 2.50 bits per heavy atom. The molecular formula is C12H18OS. The van der Waals surface area contributed by atoms with Gasteiger partial charge in [0, 0.05) is 16.9 Å². The highest BCUT2D eigenvalue weighted by molar-refractivity contribution is 7.94. The van der Waals surface area contributed by atoms with Gasteiger partial charge in [0.2, 0.25) is 0 Å². The fourth-order valence-corrected chi connectivity index (χ4v) is 1.99. The lowest BCUT2D eigenvalue weighted by atomic mass is 10.2. The van der Waals surface area contributed by atoms with Gasteiger partial charge in [0.25, 0.3) is 0 Å². The van der Waals surface area contributed by atoms with Gasteiger partial charge in [-0.1, -0.05) is 38.5 Å². The van der Waals surface area contributed by atoms with E-state index in [9.17, 15) is 0 Å². The van der Waals surface area contributed by atoms with Crippen molar-refractivity contribution in [3.63, 3.8) is 0 Å². The predicted molar refractivity (Wildman–Crippen MR) is 62.4 cm³/mol. The monoisotopic (exact) mass is 210 g/mol. The van der Waals surface area contributed by atoms with Crippen LogP contribution in [0.15, 0.2) is 35.2 Å². The van der Waals surface area contributed by atoms with E-state index in [1.165, 1.54) is 23.4 Å². The summed E-state index contributed by atoms with van der Waals surface area (Å²) < 4.78 is 5.73. The van der Waals surface area contributed by atoms with Crippen molar-refractivity contribution >= 4 is 12.0 Å². The van der Waals surface area contributed by atoms with E-state index in [4.69, 9.17) is 4.18 Å². The summed E-state index contributed by atoms with van der Waals surface area (Å²) in [6.45, 7) is 4.37. The average Bonchev–Trinajstić information content (AvgIpc) is 2.25. The summed E-state index contributed by atoms with van der Waals surface area (Å²) in [7, 11) is 0. The summed E-state index contributed by atoms with van der Waals surface area (Å²) in [6, 6.07) is 10.2. The summed E-state index contributed by atoms with van der Waals surface area (Å²) in [6.07, 6.45) is 3.82. The Kier molecular flexibility index (Phi) is 5.72. The molecule has 1 rings (SSSR count). The largest absolute Gasteiger partial charge is 0.307 e. The second-order valence-corrected chi connectivity index (χ2v) is 4.14. The Morgan fingerprint density at radius 1 is 1.21 bits per heavy atom. The summed E-state index contributed by atoms with van der Waals surface area (Å²) in [4.78, 5) is 1.18. The van der Waals surface area contributed by atoms with E-state index in [-0.39, 0.29) is 0 Å². The predicted octanol–water partition coefficient (Wildman–Crippen LogP) is 4.29. The Bertz CT molecular complexity index is 235. The molecule has 0 N–H and O–H groups in total. The average molecular weight is 210 g/mol. The van der Waals surface area contributed by atoms with E-state index < -0.39 is 0 Å². The van der Waals surface area contributed by atoms with Crippen molar-refractivity contribution in [3.8, 4) is 0 Å². The maximum atomic E-state index is 5.73. The van der Waals surface area contributed by atoms with E-state index >= 15 is 0 Å². The molecule has 2 heteroatoms.